The summed E-state index contributed by atoms with van der Waals surface area (Å²) in [4.78, 5) is 0. The fourth-order valence-electron chi connectivity index (χ4n) is 2.80. The third-order valence-corrected chi connectivity index (χ3v) is 4.01. The molecule has 1 fully saturated rings. The molecule has 1 aromatic carbocycles. The Morgan fingerprint density at radius 2 is 1.85 bits per heavy atom. The molecule has 0 aliphatic heterocycles. The van der Waals surface area contributed by atoms with Crippen LogP contribution in [0.5, 0.6) is 11.5 Å². The molecule has 2 rings (SSSR count). The molecule has 0 spiro atoms. The van der Waals surface area contributed by atoms with Crippen LogP contribution in [0.3, 0.4) is 0 Å². The van der Waals surface area contributed by atoms with E-state index in [1.54, 1.807) is 0 Å². The molecule has 1 aromatic rings. The van der Waals surface area contributed by atoms with Crippen LogP contribution in [0.1, 0.15) is 39.5 Å². The van der Waals surface area contributed by atoms with Crippen LogP contribution in [0, 0.1) is 5.92 Å². The number of likely N-dealkylation sites (N-methyl/N-ethyl adjacent to an activating group) is 1. The van der Waals surface area contributed by atoms with Crippen LogP contribution in [-0.2, 0) is 0 Å². The molecule has 0 amide bonds. The van der Waals surface area contributed by atoms with Gasteiger partial charge in [0.05, 0.1) is 6.61 Å². The smallest absolute Gasteiger partial charge is 0.120 e. The van der Waals surface area contributed by atoms with Gasteiger partial charge in [-0.05, 0) is 62.9 Å². The third-order valence-electron chi connectivity index (χ3n) is 4.01. The first-order valence-corrected chi connectivity index (χ1v) is 7.79. The molecule has 3 unspecified atom stereocenters. The van der Waals surface area contributed by atoms with Crippen LogP contribution in [0.2, 0.25) is 0 Å². The standard InChI is InChI=1S/C17H27NO2/c1-4-11-19-14-6-8-15(9-7-14)20-17-12-13(2)5-10-16(17)18-3/h6-9,13,16-18H,4-5,10-12H2,1-3H3. The minimum atomic E-state index is 0.270. The first kappa shape index (κ1) is 15.2. The number of hydrogen-bond acceptors (Lipinski definition) is 3. The highest BCUT2D eigenvalue weighted by molar-refractivity contribution is 5.31. The van der Waals surface area contributed by atoms with Crippen molar-refractivity contribution in [2.75, 3.05) is 13.7 Å². The second-order valence-electron chi connectivity index (χ2n) is 5.79. The summed E-state index contributed by atoms with van der Waals surface area (Å²) in [6.07, 6.45) is 4.91. The van der Waals surface area contributed by atoms with E-state index >= 15 is 0 Å². The predicted molar refractivity (Wildman–Crippen MR) is 82.5 cm³/mol. The molecule has 0 radical (unpaired) electrons. The van der Waals surface area contributed by atoms with E-state index in [0.29, 0.717) is 6.04 Å². The van der Waals surface area contributed by atoms with Crippen LogP contribution < -0.4 is 14.8 Å². The summed E-state index contributed by atoms with van der Waals surface area (Å²) in [6.45, 7) is 5.19. The molecule has 0 bridgehead atoms. The molecular formula is C17H27NO2. The normalized spacial score (nSPS) is 26.2. The van der Waals surface area contributed by atoms with Crippen LogP contribution >= 0.6 is 0 Å². The molecule has 1 aliphatic rings. The van der Waals surface area contributed by atoms with Gasteiger partial charge >= 0.3 is 0 Å². The van der Waals surface area contributed by atoms with E-state index < -0.39 is 0 Å². The van der Waals surface area contributed by atoms with Crippen LogP contribution in [0.25, 0.3) is 0 Å². The third kappa shape index (κ3) is 4.14. The van der Waals surface area contributed by atoms with Crippen molar-refractivity contribution in [3.05, 3.63) is 24.3 Å². The zero-order valence-corrected chi connectivity index (χ0v) is 12.9. The number of benzene rings is 1. The van der Waals surface area contributed by atoms with Crippen LogP contribution in [0.4, 0.5) is 0 Å². The van der Waals surface area contributed by atoms with Gasteiger partial charge in [-0.3, -0.25) is 0 Å². The van der Waals surface area contributed by atoms with Gasteiger partial charge in [-0.1, -0.05) is 13.8 Å². The maximum absolute atomic E-state index is 6.17. The topological polar surface area (TPSA) is 30.5 Å². The average Bonchev–Trinajstić information content (AvgIpc) is 2.47. The van der Waals surface area contributed by atoms with Crippen molar-refractivity contribution >= 4 is 0 Å². The quantitative estimate of drug-likeness (QED) is 0.861. The highest BCUT2D eigenvalue weighted by Gasteiger charge is 2.29. The average molecular weight is 277 g/mol. The lowest BCUT2D eigenvalue weighted by atomic mass is 9.85. The first-order chi connectivity index (χ1) is 9.72. The minimum absolute atomic E-state index is 0.270. The Morgan fingerprint density at radius 1 is 1.15 bits per heavy atom. The summed E-state index contributed by atoms with van der Waals surface area (Å²) in [5.74, 6) is 2.60. The molecule has 0 heterocycles. The fourth-order valence-corrected chi connectivity index (χ4v) is 2.80. The van der Waals surface area contributed by atoms with Gasteiger partial charge < -0.3 is 14.8 Å². The second kappa shape index (κ2) is 7.53. The molecule has 1 aliphatic carbocycles. The predicted octanol–water partition coefficient (Wildman–Crippen LogP) is 3.63. The second-order valence-corrected chi connectivity index (χ2v) is 5.79. The molecule has 0 saturated heterocycles. The Balaban J connectivity index is 1.94. The lowest BCUT2D eigenvalue weighted by Crippen LogP contribution is -2.45. The molecule has 0 aromatic heterocycles. The van der Waals surface area contributed by atoms with Gasteiger partial charge in [0.2, 0.25) is 0 Å². The van der Waals surface area contributed by atoms with Crippen molar-refractivity contribution in [3.8, 4) is 11.5 Å². The Morgan fingerprint density at radius 3 is 2.50 bits per heavy atom. The molecule has 3 atom stereocenters. The summed E-state index contributed by atoms with van der Waals surface area (Å²) < 4.78 is 11.8. The van der Waals surface area contributed by atoms with Gasteiger partial charge in [-0.15, -0.1) is 0 Å². The number of nitrogens with one attached hydrogen (secondary N) is 1. The van der Waals surface area contributed by atoms with Gasteiger partial charge in [-0.2, -0.15) is 0 Å². The van der Waals surface area contributed by atoms with Gasteiger partial charge in [0.15, 0.2) is 0 Å². The number of ether oxygens (including phenoxy) is 2. The summed E-state index contributed by atoms with van der Waals surface area (Å²) in [5, 5.41) is 3.38. The zero-order valence-electron chi connectivity index (χ0n) is 12.9. The lowest BCUT2D eigenvalue weighted by Gasteiger charge is -2.34. The van der Waals surface area contributed by atoms with E-state index in [0.717, 1.165) is 36.9 Å². The van der Waals surface area contributed by atoms with Crippen molar-refractivity contribution in [3.63, 3.8) is 0 Å². The van der Waals surface area contributed by atoms with E-state index in [9.17, 15) is 0 Å². The molecule has 112 valence electrons. The highest BCUT2D eigenvalue weighted by atomic mass is 16.5. The van der Waals surface area contributed by atoms with Gasteiger partial charge in [0.1, 0.15) is 17.6 Å². The molecule has 1 saturated carbocycles. The Labute approximate surface area is 122 Å². The minimum Gasteiger partial charge on any atom is -0.494 e. The van der Waals surface area contributed by atoms with E-state index in [1.807, 2.05) is 31.3 Å². The first-order valence-electron chi connectivity index (χ1n) is 7.79. The molecule has 20 heavy (non-hydrogen) atoms. The van der Waals surface area contributed by atoms with Crippen molar-refractivity contribution in [2.24, 2.45) is 5.92 Å². The highest BCUT2D eigenvalue weighted by Crippen LogP contribution is 2.28. The molecule has 3 nitrogen and oxygen atoms in total. The van der Waals surface area contributed by atoms with E-state index in [-0.39, 0.29) is 6.10 Å². The molecule has 3 heteroatoms. The SMILES string of the molecule is CCCOc1ccc(OC2CC(C)CCC2NC)cc1. The van der Waals surface area contributed by atoms with E-state index in [1.165, 1.54) is 12.8 Å². The summed E-state index contributed by atoms with van der Waals surface area (Å²) in [7, 11) is 2.03. The molecular weight excluding hydrogens is 250 g/mol. The number of hydrogen-bond donors (Lipinski definition) is 1. The summed E-state index contributed by atoms with van der Waals surface area (Å²) in [5.41, 5.74) is 0. The van der Waals surface area contributed by atoms with Gasteiger partial charge in [0, 0.05) is 6.04 Å². The lowest BCUT2D eigenvalue weighted by molar-refractivity contribution is 0.0943. The zero-order chi connectivity index (χ0) is 14.4. The van der Waals surface area contributed by atoms with Crippen molar-refractivity contribution in [1.29, 1.82) is 0 Å². The van der Waals surface area contributed by atoms with Crippen LogP contribution in [0.15, 0.2) is 24.3 Å². The van der Waals surface area contributed by atoms with E-state index in [2.05, 4.69) is 19.2 Å². The summed E-state index contributed by atoms with van der Waals surface area (Å²) >= 11 is 0. The largest absolute Gasteiger partial charge is 0.494 e. The number of rotatable bonds is 6. The van der Waals surface area contributed by atoms with Crippen molar-refractivity contribution in [1.82, 2.24) is 5.32 Å². The Kier molecular flexibility index (Phi) is 5.72. The maximum atomic E-state index is 6.17. The van der Waals surface area contributed by atoms with Crippen LogP contribution in [-0.4, -0.2) is 25.8 Å². The Hall–Kier alpha value is -1.22. The van der Waals surface area contributed by atoms with Gasteiger partial charge in [0.25, 0.3) is 0 Å². The van der Waals surface area contributed by atoms with Crippen molar-refractivity contribution in [2.45, 2.75) is 51.7 Å². The van der Waals surface area contributed by atoms with E-state index in [4.69, 9.17) is 9.47 Å². The molecule has 1 N–H and O–H groups in total. The summed E-state index contributed by atoms with van der Waals surface area (Å²) in [6, 6.07) is 8.47. The Bertz CT molecular complexity index is 390. The monoisotopic (exact) mass is 277 g/mol. The van der Waals surface area contributed by atoms with Crippen molar-refractivity contribution < 1.29 is 9.47 Å². The fraction of sp³-hybridized carbons (Fsp3) is 0.647. The maximum Gasteiger partial charge on any atom is 0.120 e. The van der Waals surface area contributed by atoms with Gasteiger partial charge in [-0.25, -0.2) is 0 Å².